The number of benzene rings is 5. The summed E-state index contributed by atoms with van der Waals surface area (Å²) in [6.07, 6.45) is 2.42. The molecule has 2 heterocycles. The van der Waals surface area contributed by atoms with E-state index in [1.165, 1.54) is 79.0 Å². The summed E-state index contributed by atoms with van der Waals surface area (Å²) in [7, 11) is 0. The molecule has 0 atom stereocenters. The fraction of sp³-hybridized carbons (Fsp3) is 0.211. The summed E-state index contributed by atoms with van der Waals surface area (Å²) in [6, 6.07) is 40.4. The van der Waals surface area contributed by atoms with Crippen LogP contribution in [0.25, 0.3) is 55.0 Å². The molecule has 0 spiro atoms. The monoisotopic (exact) mass is 518 g/mol. The summed E-state index contributed by atoms with van der Waals surface area (Å²) in [5, 5.41) is 5.27. The van der Waals surface area contributed by atoms with Crippen molar-refractivity contribution < 1.29 is 0 Å². The average molecular weight is 519 g/mol. The molecule has 5 aromatic carbocycles. The van der Waals surface area contributed by atoms with E-state index in [1.54, 1.807) is 0 Å². The smallest absolute Gasteiger partial charge is 0.0562 e. The number of hydrogen-bond donors (Lipinski definition) is 0. The molecule has 0 amide bonds. The SMILES string of the molecule is CC1(C)CCC(C)(C)c2cc3c(cc21)c1cc2c4ccccc4n(-c4ccccc4)c2cc1n3-c1ccccc1. The van der Waals surface area contributed by atoms with Gasteiger partial charge in [0.25, 0.3) is 0 Å². The second-order valence-electron chi connectivity index (χ2n) is 12.9. The van der Waals surface area contributed by atoms with Gasteiger partial charge in [0.1, 0.15) is 0 Å². The highest BCUT2D eigenvalue weighted by atomic mass is 15.0. The molecule has 2 nitrogen and oxygen atoms in total. The van der Waals surface area contributed by atoms with Gasteiger partial charge in [-0.25, -0.2) is 0 Å². The first-order valence-electron chi connectivity index (χ1n) is 14.5. The van der Waals surface area contributed by atoms with E-state index in [0.717, 1.165) is 0 Å². The summed E-state index contributed by atoms with van der Waals surface area (Å²) in [5.41, 5.74) is 10.8. The van der Waals surface area contributed by atoms with Crippen molar-refractivity contribution in [2.75, 3.05) is 0 Å². The molecular weight excluding hydrogens is 484 g/mol. The van der Waals surface area contributed by atoms with Gasteiger partial charge in [0, 0.05) is 32.9 Å². The molecule has 0 fully saturated rings. The third-order valence-electron chi connectivity index (χ3n) is 9.56. The zero-order valence-electron chi connectivity index (χ0n) is 23.7. The molecular formula is C38H34N2. The number of nitrogens with zero attached hydrogens (tertiary/aromatic N) is 2. The molecule has 0 saturated heterocycles. The lowest BCUT2D eigenvalue weighted by molar-refractivity contribution is 0.332. The molecule has 0 aliphatic heterocycles. The zero-order valence-corrected chi connectivity index (χ0v) is 23.7. The fourth-order valence-corrected chi connectivity index (χ4v) is 7.25. The maximum Gasteiger partial charge on any atom is 0.0562 e. The summed E-state index contributed by atoms with van der Waals surface area (Å²) >= 11 is 0. The summed E-state index contributed by atoms with van der Waals surface area (Å²) < 4.78 is 4.92. The van der Waals surface area contributed by atoms with Crippen molar-refractivity contribution in [1.29, 1.82) is 0 Å². The van der Waals surface area contributed by atoms with Crippen molar-refractivity contribution in [2.45, 2.75) is 51.4 Å². The topological polar surface area (TPSA) is 9.86 Å². The van der Waals surface area contributed by atoms with E-state index in [-0.39, 0.29) is 10.8 Å². The fourth-order valence-electron chi connectivity index (χ4n) is 7.25. The van der Waals surface area contributed by atoms with Gasteiger partial charge < -0.3 is 9.13 Å². The standard InChI is InChI=1S/C38H34N2/c1-37(2)19-20-38(3,4)32-23-34-30(22-31(32)37)29-21-28-27-17-11-12-18-33(27)39(25-13-7-5-8-14-25)35(28)24-36(29)40(34)26-15-9-6-10-16-26/h5-18,21-24H,19-20H2,1-4H3. The van der Waals surface area contributed by atoms with Crippen molar-refractivity contribution in [3.05, 3.63) is 120 Å². The normalized spacial score (nSPS) is 16.2. The number of hydrogen-bond acceptors (Lipinski definition) is 0. The second-order valence-corrected chi connectivity index (χ2v) is 12.9. The molecule has 8 rings (SSSR count). The molecule has 7 aromatic rings. The molecule has 0 bridgehead atoms. The summed E-state index contributed by atoms with van der Waals surface area (Å²) in [5.74, 6) is 0. The second kappa shape index (κ2) is 8.11. The van der Waals surface area contributed by atoms with Gasteiger partial charge in [-0.1, -0.05) is 82.3 Å². The lowest BCUT2D eigenvalue weighted by Crippen LogP contribution is -2.33. The Bertz CT molecular complexity index is 2090. The molecule has 1 aliphatic rings. The zero-order chi connectivity index (χ0) is 27.2. The number of fused-ring (bicyclic) bond motifs is 7. The quantitative estimate of drug-likeness (QED) is 0.215. The first kappa shape index (κ1) is 23.6. The van der Waals surface area contributed by atoms with Gasteiger partial charge in [-0.05, 0) is 89.4 Å². The highest BCUT2D eigenvalue weighted by Gasteiger charge is 2.38. The largest absolute Gasteiger partial charge is 0.309 e. The summed E-state index contributed by atoms with van der Waals surface area (Å²) in [6.45, 7) is 9.70. The minimum atomic E-state index is 0.155. The van der Waals surface area contributed by atoms with Crippen molar-refractivity contribution in [1.82, 2.24) is 9.13 Å². The molecule has 1 aliphatic carbocycles. The maximum absolute atomic E-state index is 2.54. The van der Waals surface area contributed by atoms with Crippen LogP contribution in [0.1, 0.15) is 51.7 Å². The van der Waals surface area contributed by atoms with E-state index in [4.69, 9.17) is 0 Å². The van der Waals surface area contributed by atoms with Gasteiger partial charge in [-0.2, -0.15) is 0 Å². The molecule has 0 unspecified atom stereocenters. The van der Waals surface area contributed by atoms with E-state index in [0.29, 0.717) is 0 Å². The van der Waals surface area contributed by atoms with Crippen LogP contribution in [0, 0.1) is 0 Å². The predicted molar refractivity (Wildman–Crippen MR) is 170 cm³/mol. The highest BCUT2D eigenvalue weighted by molar-refractivity contribution is 6.19. The van der Waals surface area contributed by atoms with Gasteiger partial charge >= 0.3 is 0 Å². The first-order chi connectivity index (χ1) is 19.3. The molecule has 0 saturated carbocycles. The number of aromatic nitrogens is 2. The minimum absolute atomic E-state index is 0.155. The molecule has 0 N–H and O–H groups in total. The lowest BCUT2D eigenvalue weighted by atomic mass is 9.63. The molecule has 0 radical (unpaired) electrons. The van der Waals surface area contributed by atoms with Gasteiger partial charge in [-0.3, -0.25) is 0 Å². The van der Waals surface area contributed by atoms with Crippen LogP contribution in [-0.4, -0.2) is 9.13 Å². The Morgan fingerprint density at radius 3 is 1.50 bits per heavy atom. The molecule has 196 valence electrons. The van der Waals surface area contributed by atoms with Crippen LogP contribution in [0.5, 0.6) is 0 Å². The Labute approximate surface area is 235 Å². The van der Waals surface area contributed by atoms with E-state index in [9.17, 15) is 0 Å². The number of para-hydroxylation sites is 3. The van der Waals surface area contributed by atoms with Gasteiger partial charge in [0.05, 0.1) is 22.1 Å². The number of rotatable bonds is 2. The van der Waals surface area contributed by atoms with Crippen molar-refractivity contribution in [3.63, 3.8) is 0 Å². The Morgan fingerprint density at radius 2 is 0.875 bits per heavy atom. The minimum Gasteiger partial charge on any atom is -0.309 e. The Kier molecular flexibility index (Phi) is 4.78. The third kappa shape index (κ3) is 3.23. The van der Waals surface area contributed by atoms with Crippen LogP contribution in [0.2, 0.25) is 0 Å². The Hall–Kier alpha value is -4.30. The van der Waals surface area contributed by atoms with E-state index < -0.39 is 0 Å². The van der Waals surface area contributed by atoms with Crippen LogP contribution in [0.15, 0.2) is 109 Å². The van der Waals surface area contributed by atoms with Crippen LogP contribution in [0.4, 0.5) is 0 Å². The van der Waals surface area contributed by atoms with Crippen LogP contribution < -0.4 is 0 Å². The van der Waals surface area contributed by atoms with Gasteiger partial charge in [-0.15, -0.1) is 0 Å². The molecule has 2 aromatic heterocycles. The van der Waals surface area contributed by atoms with Gasteiger partial charge in [0.2, 0.25) is 0 Å². The molecule has 40 heavy (non-hydrogen) atoms. The van der Waals surface area contributed by atoms with Crippen molar-refractivity contribution >= 4 is 43.6 Å². The van der Waals surface area contributed by atoms with Gasteiger partial charge in [0.15, 0.2) is 0 Å². The van der Waals surface area contributed by atoms with Crippen molar-refractivity contribution in [2.24, 2.45) is 0 Å². The Morgan fingerprint density at radius 1 is 0.425 bits per heavy atom. The maximum atomic E-state index is 2.54. The van der Waals surface area contributed by atoms with Crippen LogP contribution >= 0.6 is 0 Å². The highest BCUT2D eigenvalue weighted by Crippen LogP contribution is 2.49. The van der Waals surface area contributed by atoms with Crippen molar-refractivity contribution in [3.8, 4) is 11.4 Å². The lowest BCUT2D eigenvalue weighted by Gasteiger charge is -2.42. The predicted octanol–water partition coefficient (Wildman–Crippen LogP) is 10.2. The summed E-state index contributed by atoms with van der Waals surface area (Å²) in [4.78, 5) is 0. The van der Waals surface area contributed by atoms with E-state index in [1.807, 2.05) is 0 Å². The van der Waals surface area contributed by atoms with Crippen LogP contribution in [-0.2, 0) is 10.8 Å². The van der Waals surface area contributed by atoms with E-state index >= 15 is 0 Å². The first-order valence-corrected chi connectivity index (χ1v) is 14.5. The Balaban J connectivity index is 1.58. The van der Waals surface area contributed by atoms with E-state index in [2.05, 4.69) is 146 Å². The average Bonchev–Trinajstić information content (AvgIpc) is 3.46. The third-order valence-corrected chi connectivity index (χ3v) is 9.56. The van der Waals surface area contributed by atoms with Crippen LogP contribution in [0.3, 0.4) is 0 Å². The molecule has 2 heteroatoms.